The van der Waals surface area contributed by atoms with Gasteiger partial charge >= 0.3 is 0 Å². The molecule has 0 bridgehead atoms. The van der Waals surface area contributed by atoms with E-state index in [1.807, 2.05) is 0 Å². The van der Waals surface area contributed by atoms with E-state index in [1.165, 1.54) is 0 Å². The molecule has 4 rings (SSSR count). The van der Waals surface area contributed by atoms with Crippen LogP contribution in [-0.4, -0.2) is 33.0 Å². The SMILES string of the molecule is CS(=O)(=O)Cc1c(C(=O)Nc2ccc(N3CCCC3=O)cc2)oc2ccccc12. The Morgan fingerprint density at radius 1 is 1.14 bits per heavy atom. The maximum Gasteiger partial charge on any atom is 0.291 e. The maximum atomic E-state index is 12.8. The molecule has 1 aromatic heterocycles. The predicted octanol–water partition coefficient (Wildman–Crippen LogP) is 3.36. The summed E-state index contributed by atoms with van der Waals surface area (Å²) in [7, 11) is -3.37. The fraction of sp³-hybridized carbons (Fsp3) is 0.238. The van der Waals surface area contributed by atoms with E-state index in [0.29, 0.717) is 35.2 Å². The molecule has 150 valence electrons. The highest BCUT2D eigenvalue weighted by Crippen LogP contribution is 2.29. The first kappa shape index (κ1) is 19.2. The summed E-state index contributed by atoms with van der Waals surface area (Å²) in [5.74, 6) is -0.738. The summed E-state index contributed by atoms with van der Waals surface area (Å²) in [6.07, 6.45) is 2.51. The first-order valence-electron chi connectivity index (χ1n) is 9.22. The lowest BCUT2D eigenvalue weighted by Crippen LogP contribution is -2.23. The van der Waals surface area contributed by atoms with Crippen LogP contribution in [0.15, 0.2) is 52.9 Å². The van der Waals surface area contributed by atoms with E-state index in [-0.39, 0.29) is 17.4 Å². The van der Waals surface area contributed by atoms with E-state index < -0.39 is 15.7 Å². The molecule has 1 aliphatic rings. The van der Waals surface area contributed by atoms with Gasteiger partial charge in [-0.2, -0.15) is 0 Å². The summed E-state index contributed by atoms with van der Waals surface area (Å²) in [6, 6.07) is 13.9. The minimum Gasteiger partial charge on any atom is -0.451 e. The second kappa shape index (κ2) is 7.36. The number of benzene rings is 2. The van der Waals surface area contributed by atoms with Crippen molar-refractivity contribution in [2.45, 2.75) is 18.6 Å². The van der Waals surface area contributed by atoms with Crippen LogP contribution in [0, 0.1) is 0 Å². The molecule has 2 amide bonds. The highest BCUT2D eigenvalue weighted by Gasteiger charge is 2.24. The van der Waals surface area contributed by atoms with Crippen molar-refractivity contribution in [1.82, 2.24) is 0 Å². The first-order valence-corrected chi connectivity index (χ1v) is 11.3. The van der Waals surface area contributed by atoms with Crippen LogP contribution >= 0.6 is 0 Å². The number of rotatable bonds is 5. The normalized spacial score (nSPS) is 14.5. The summed E-state index contributed by atoms with van der Waals surface area (Å²) in [6.45, 7) is 0.693. The van der Waals surface area contributed by atoms with Crippen molar-refractivity contribution >= 4 is 44.0 Å². The van der Waals surface area contributed by atoms with Gasteiger partial charge in [-0.25, -0.2) is 8.42 Å². The molecule has 3 aromatic rings. The molecule has 0 radical (unpaired) electrons. The number of fused-ring (bicyclic) bond motifs is 1. The topological polar surface area (TPSA) is 96.7 Å². The number of amides is 2. The summed E-state index contributed by atoms with van der Waals surface area (Å²) >= 11 is 0. The molecule has 0 unspecified atom stereocenters. The average molecular weight is 412 g/mol. The van der Waals surface area contributed by atoms with Crippen molar-refractivity contribution < 1.29 is 22.4 Å². The Bertz CT molecular complexity index is 1200. The van der Waals surface area contributed by atoms with Crippen LogP contribution in [0.1, 0.15) is 29.0 Å². The number of nitrogens with zero attached hydrogens (tertiary/aromatic N) is 1. The standard InChI is InChI=1S/C21H20N2O5S/c1-29(26,27)13-17-16-5-2-3-6-18(16)28-20(17)21(25)22-14-8-10-15(11-9-14)23-12-4-7-19(23)24/h2-3,5-6,8-11H,4,7,12-13H2,1H3,(H,22,25). The second-order valence-electron chi connectivity index (χ2n) is 7.13. The van der Waals surface area contributed by atoms with Crippen molar-refractivity contribution in [2.24, 2.45) is 0 Å². The van der Waals surface area contributed by atoms with Crippen molar-refractivity contribution in [1.29, 1.82) is 0 Å². The second-order valence-corrected chi connectivity index (χ2v) is 9.27. The molecule has 7 nitrogen and oxygen atoms in total. The Morgan fingerprint density at radius 3 is 2.52 bits per heavy atom. The number of hydrogen-bond donors (Lipinski definition) is 1. The average Bonchev–Trinajstić information content (AvgIpc) is 3.25. The first-order chi connectivity index (χ1) is 13.8. The van der Waals surface area contributed by atoms with Crippen LogP contribution in [0.2, 0.25) is 0 Å². The van der Waals surface area contributed by atoms with Crippen LogP contribution in [0.25, 0.3) is 11.0 Å². The van der Waals surface area contributed by atoms with E-state index >= 15 is 0 Å². The molecule has 1 saturated heterocycles. The van der Waals surface area contributed by atoms with Crippen molar-refractivity contribution in [3.05, 3.63) is 59.9 Å². The van der Waals surface area contributed by atoms with Gasteiger partial charge in [0.05, 0.1) is 5.75 Å². The number of sulfone groups is 1. The lowest BCUT2D eigenvalue weighted by molar-refractivity contribution is -0.117. The van der Waals surface area contributed by atoms with Gasteiger partial charge < -0.3 is 14.6 Å². The molecule has 0 atom stereocenters. The summed E-state index contributed by atoms with van der Waals surface area (Å²) in [4.78, 5) is 26.4. The lowest BCUT2D eigenvalue weighted by atomic mass is 10.1. The van der Waals surface area contributed by atoms with Crippen LogP contribution in [0.4, 0.5) is 11.4 Å². The Kier molecular flexibility index (Phi) is 4.87. The van der Waals surface area contributed by atoms with Crippen LogP contribution in [0.5, 0.6) is 0 Å². The van der Waals surface area contributed by atoms with Gasteiger partial charge in [-0.3, -0.25) is 9.59 Å². The zero-order chi connectivity index (χ0) is 20.6. The van der Waals surface area contributed by atoms with E-state index in [1.54, 1.807) is 53.4 Å². The highest BCUT2D eigenvalue weighted by atomic mass is 32.2. The van der Waals surface area contributed by atoms with Crippen molar-refractivity contribution in [3.8, 4) is 0 Å². The molecule has 0 spiro atoms. The number of nitrogens with one attached hydrogen (secondary N) is 1. The van der Waals surface area contributed by atoms with Gasteiger partial charge in [0.2, 0.25) is 5.91 Å². The quantitative estimate of drug-likeness (QED) is 0.693. The largest absolute Gasteiger partial charge is 0.451 e. The molecule has 2 heterocycles. The fourth-order valence-electron chi connectivity index (χ4n) is 3.52. The van der Waals surface area contributed by atoms with Crippen LogP contribution in [0.3, 0.4) is 0 Å². The molecule has 29 heavy (non-hydrogen) atoms. The van der Waals surface area contributed by atoms with Gasteiger partial charge in [0, 0.05) is 41.5 Å². The Balaban J connectivity index is 1.60. The van der Waals surface area contributed by atoms with Crippen molar-refractivity contribution in [2.75, 3.05) is 23.0 Å². The Labute approximate surface area is 168 Å². The molecule has 1 aliphatic heterocycles. The molecule has 2 aromatic carbocycles. The summed E-state index contributed by atoms with van der Waals surface area (Å²) in [5, 5.41) is 3.35. The third-order valence-electron chi connectivity index (χ3n) is 4.82. The number of furan rings is 1. The lowest BCUT2D eigenvalue weighted by Gasteiger charge is -2.16. The van der Waals surface area contributed by atoms with Gasteiger partial charge in [-0.05, 0) is 36.8 Å². The monoisotopic (exact) mass is 412 g/mol. The molecular formula is C21H20N2O5S. The van der Waals surface area contributed by atoms with Crippen LogP contribution < -0.4 is 10.2 Å². The van der Waals surface area contributed by atoms with E-state index in [4.69, 9.17) is 4.42 Å². The minimum atomic E-state index is -3.37. The zero-order valence-corrected chi connectivity index (χ0v) is 16.7. The summed E-state index contributed by atoms with van der Waals surface area (Å²) < 4.78 is 29.4. The Morgan fingerprint density at radius 2 is 1.86 bits per heavy atom. The van der Waals surface area contributed by atoms with E-state index in [0.717, 1.165) is 18.4 Å². The van der Waals surface area contributed by atoms with Crippen molar-refractivity contribution in [3.63, 3.8) is 0 Å². The van der Waals surface area contributed by atoms with Gasteiger partial charge in [0.1, 0.15) is 5.58 Å². The Hall–Kier alpha value is -3.13. The number of anilines is 2. The smallest absolute Gasteiger partial charge is 0.291 e. The van der Waals surface area contributed by atoms with Gasteiger partial charge in [-0.15, -0.1) is 0 Å². The minimum absolute atomic E-state index is 0.0181. The van der Waals surface area contributed by atoms with Crippen LogP contribution in [-0.2, 0) is 20.4 Å². The molecule has 0 saturated carbocycles. The number of carbonyl (C=O) groups is 2. The molecule has 0 aliphatic carbocycles. The zero-order valence-electron chi connectivity index (χ0n) is 15.8. The van der Waals surface area contributed by atoms with Gasteiger partial charge in [0.25, 0.3) is 5.91 Å². The summed E-state index contributed by atoms with van der Waals surface area (Å²) in [5.41, 5.74) is 2.11. The number of hydrogen-bond acceptors (Lipinski definition) is 5. The highest BCUT2D eigenvalue weighted by molar-refractivity contribution is 7.89. The molecule has 8 heteroatoms. The molecule has 1 N–H and O–H groups in total. The van der Waals surface area contributed by atoms with Gasteiger partial charge in [-0.1, -0.05) is 18.2 Å². The number of para-hydroxylation sites is 1. The predicted molar refractivity (Wildman–Crippen MR) is 111 cm³/mol. The maximum absolute atomic E-state index is 12.8. The third kappa shape index (κ3) is 4.02. The van der Waals surface area contributed by atoms with E-state index in [9.17, 15) is 18.0 Å². The number of carbonyl (C=O) groups excluding carboxylic acids is 2. The van der Waals surface area contributed by atoms with E-state index in [2.05, 4.69) is 5.32 Å². The fourth-order valence-corrected chi connectivity index (χ4v) is 4.33. The molecular weight excluding hydrogens is 392 g/mol. The molecule has 1 fully saturated rings. The van der Waals surface area contributed by atoms with Gasteiger partial charge in [0.15, 0.2) is 15.6 Å². The third-order valence-corrected chi connectivity index (χ3v) is 5.63.